The minimum Gasteiger partial charge on any atom is -0.324 e. The lowest BCUT2D eigenvalue weighted by atomic mass is 9.86. The molecule has 172 valence electrons. The van der Waals surface area contributed by atoms with Gasteiger partial charge in [0, 0.05) is 41.8 Å². The first-order valence-electron chi connectivity index (χ1n) is 11.7. The van der Waals surface area contributed by atoms with Gasteiger partial charge in [-0.25, -0.2) is 24.9 Å². The Morgan fingerprint density at radius 2 is 1.94 bits per heavy atom. The van der Waals surface area contributed by atoms with Crippen LogP contribution >= 0.6 is 0 Å². The lowest BCUT2D eigenvalue weighted by molar-refractivity contribution is -0.122. The van der Waals surface area contributed by atoms with Gasteiger partial charge in [0.1, 0.15) is 34.7 Å². The molecule has 1 unspecified atom stereocenters. The van der Waals surface area contributed by atoms with Crippen LogP contribution in [0.15, 0.2) is 36.9 Å². The van der Waals surface area contributed by atoms with Crippen LogP contribution in [0.2, 0.25) is 0 Å². The molecule has 0 saturated heterocycles. The number of nitrogens with zero attached hydrogens (tertiary/aromatic N) is 6. The van der Waals surface area contributed by atoms with Crippen molar-refractivity contribution in [2.45, 2.75) is 58.2 Å². The Morgan fingerprint density at radius 3 is 2.65 bits per heavy atom. The van der Waals surface area contributed by atoms with E-state index in [4.69, 9.17) is 4.98 Å². The van der Waals surface area contributed by atoms with Crippen molar-refractivity contribution in [2.24, 2.45) is 0 Å². The number of carbonyl (C=O) groups excluding carboxylic acids is 1. The minimum atomic E-state index is -0.768. The monoisotopic (exact) mass is 454 g/mol. The molecule has 1 aromatic carbocycles. The molecular formula is C25H26N8O. The highest BCUT2D eigenvalue weighted by molar-refractivity contribution is 6.06. The number of aryl methyl sites for hydroxylation is 2. The van der Waals surface area contributed by atoms with E-state index in [1.165, 1.54) is 6.42 Å². The van der Waals surface area contributed by atoms with Gasteiger partial charge in [0.2, 0.25) is 5.91 Å². The number of anilines is 1. The predicted octanol–water partition coefficient (Wildman–Crippen LogP) is 3.59. The molecule has 1 saturated carbocycles. The van der Waals surface area contributed by atoms with Crippen LogP contribution in [0.1, 0.15) is 44.5 Å². The van der Waals surface area contributed by atoms with Gasteiger partial charge in [-0.05, 0) is 45.7 Å². The largest absolute Gasteiger partial charge is 0.324 e. The van der Waals surface area contributed by atoms with Crippen molar-refractivity contribution in [3.05, 3.63) is 48.3 Å². The molecule has 34 heavy (non-hydrogen) atoms. The minimum absolute atomic E-state index is 0.0173. The maximum Gasteiger partial charge on any atom is 0.249 e. The molecule has 1 fully saturated rings. The van der Waals surface area contributed by atoms with Gasteiger partial charge in [-0.3, -0.25) is 10.1 Å². The quantitative estimate of drug-likeness (QED) is 0.474. The molecule has 2 aliphatic rings. The van der Waals surface area contributed by atoms with Gasteiger partial charge in [-0.15, -0.1) is 0 Å². The fourth-order valence-corrected chi connectivity index (χ4v) is 4.86. The summed E-state index contributed by atoms with van der Waals surface area (Å²) in [5.41, 5.74) is 4.95. The van der Waals surface area contributed by atoms with Crippen molar-refractivity contribution >= 4 is 22.8 Å². The molecule has 0 spiro atoms. The van der Waals surface area contributed by atoms with Crippen molar-refractivity contribution in [1.82, 2.24) is 34.8 Å². The van der Waals surface area contributed by atoms with E-state index >= 15 is 0 Å². The van der Waals surface area contributed by atoms with Crippen LogP contribution in [0, 0.1) is 6.92 Å². The smallest absolute Gasteiger partial charge is 0.249 e. The number of nitrogens with one attached hydrogen (secondary N) is 2. The lowest BCUT2D eigenvalue weighted by Gasteiger charge is -2.35. The summed E-state index contributed by atoms with van der Waals surface area (Å²) in [4.78, 5) is 35.7. The number of aromatic nitrogens is 6. The van der Waals surface area contributed by atoms with E-state index in [1.54, 1.807) is 18.7 Å². The standard InChI is InChI=1S/C25H26N8O/c1-4-33-22(16-11-26-14(2)27-12-16)31-21-20(28-13-29-23(21)33)15-8-9-19-18(10-15)25(3,24(34)30-19)32-17-6-5-7-17/h8-13,17,32H,4-7H2,1-3H3,(H,30,34). The molecular weight excluding hydrogens is 428 g/mol. The zero-order valence-corrected chi connectivity index (χ0v) is 19.5. The number of benzene rings is 1. The Morgan fingerprint density at radius 1 is 1.15 bits per heavy atom. The Balaban J connectivity index is 1.48. The first-order valence-corrected chi connectivity index (χ1v) is 11.7. The number of fused-ring (bicyclic) bond motifs is 2. The third kappa shape index (κ3) is 3.11. The fraction of sp³-hybridized carbons (Fsp3) is 0.360. The fourth-order valence-electron chi connectivity index (χ4n) is 4.86. The van der Waals surface area contributed by atoms with Crippen molar-refractivity contribution in [2.75, 3.05) is 5.32 Å². The average molecular weight is 455 g/mol. The summed E-state index contributed by atoms with van der Waals surface area (Å²) in [5, 5.41) is 6.62. The highest BCUT2D eigenvalue weighted by Crippen LogP contribution is 2.40. The molecule has 0 bridgehead atoms. The van der Waals surface area contributed by atoms with Crippen molar-refractivity contribution in [1.29, 1.82) is 0 Å². The van der Waals surface area contributed by atoms with Crippen molar-refractivity contribution in [3.8, 4) is 22.6 Å². The summed E-state index contributed by atoms with van der Waals surface area (Å²) in [5.74, 6) is 1.45. The normalized spacial score (nSPS) is 19.8. The second kappa shape index (κ2) is 7.66. The Labute approximate surface area is 197 Å². The van der Waals surface area contributed by atoms with Crippen molar-refractivity contribution < 1.29 is 4.79 Å². The van der Waals surface area contributed by atoms with E-state index in [1.807, 2.05) is 26.0 Å². The van der Waals surface area contributed by atoms with E-state index in [0.29, 0.717) is 23.9 Å². The van der Waals surface area contributed by atoms with Gasteiger partial charge < -0.3 is 9.88 Å². The van der Waals surface area contributed by atoms with Crippen LogP contribution in [0.5, 0.6) is 0 Å². The molecule has 9 nitrogen and oxygen atoms in total. The maximum atomic E-state index is 12.9. The molecule has 4 heterocycles. The zero-order valence-electron chi connectivity index (χ0n) is 19.5. The van der Waals surface area contributed by atoms with Crippen molar-refractivity contribution in [3.63, 3.8) is 0 Å². The van der Waals surface area contributed by atoms with E-state index < -0.39 is 5.54 Å². The lowest BCUT2D eigenvalue weighted by Crippen LogP contribution is -2.52. The molecule has 2 N–H and O–H groups in total. The number of hydrogen-bond acceptors (Lipinski definition) is 7. The van der Waals surface area contributed by atoms with Gasteiger partial charge in [0.15, 0.2) is 5.65 Å². The molecule has 1 aliphatic carbocycles. The number of hydrogen-bond donors (Lipinski definition) is 2. The summed E-state index contributed by atoms with van der Waals surface area (Å²) < 4.78 is 2.05. The molecule has 9 heteroatoms. The van der Waals surface area contributed by atoms with Gasteiger partial charge >= 0.3 is 0 Å². The van der Waals surface area contributed by atoms with E-state index in [0.717, 1.165) is 52.4 Å². The van der Waals surface area contributed by atoms with Crippen LogP contribution < -0.4 is 10.6 Å². The van der Waals surface area contributed by atoms with Gasteiger partial charge in [0.05, 0.1) is 5.56 Å². The van der Waals surface area contributed by atoms with Gasteiger partial charge in [-0.2, -0.15) is 0 Å². The zero-order chi connectivity index (χ0) is 23.4. The summed E-state index contributed by atoms with van der Waals surface area (Å²) in [7, 11) is 0. The summed E-state index contributed by atoms with van der Waals surface area (Å²) in [6.07, 6.45) is 8.55. The third-order valence-electron chi connectivity index (χ3n) is 7.02. The Bertz CT molecular complexity index is 1420. The van der Waals surface area contributed by atoms with E-state index in [-0.39, 0.29) is 5.91 Å². The van der Waals surface area contributed by atoms with Gasteiger partial charge in [-0.1, -0.05) is 12.5 Å². The van der Waals surface area contributed by atoms with Crippen LogP contribution in [-0.4, -0.2) is 41.4 Å². The molecule has 1 aliphatic heterocycles. The van der Waals surface area contributed by atoms with Gasteiger partial charge in [0.25, 0.3) is 0 Å². The predicted molar refractivity (Wildman–Crippen MR) is 129 cm³/mol. The second-order valence-corrected chi connectivity index (χ2v) is 9.20. The first kappa shape index (κ1) is 20.9. The van der Waals surface area contributed by atoms with Crippen LogP contribution in [0.3, 0.4) is 0 Å². The summed E-state index contributed by atoms with van der Waals surface area (Å²) in [6, 6.07) is 6.36. The topological polar surface area (TPSA) is 111 Å². The Hall–Kier alpha value is -3.72. The number of imidazole rings is 1. The SMILES string of the molecule is CCn1c(-c2cnc(C)nc2)nc2c(-c3ccc4c(c3)C(C)(NC3CCC3)C(=O)N4)ncnc21. The second-order valence-electron chi connectivity index (χ2n) is 9.20. The summed E-state index contributed by atoms with van der Waals surface area (Å²) >= 11 is 0. The molecule has 0 radical (unpaired) electrons. The molecule has 6 rings (SSSR count). The summed E-state index contributed by atoms with van der Waals surface area (Å²) in [6.45, 7) is 6.58. The van der Waals surface area contributed by atoms with E-state index in [2.05, 4.69) is 48.1 Å². The highest BCUT2D eigenvalue weighted by Gasteiger charge is 2.44. The first-order chi connectivity index (χ1) is 16.5. The maximum absolute atomic E-state index is 12.9. The van der Waals surface area contributed by atoms with Crippen LogP contribution in [0.4, 0.5) is 5.69 Å². The molecule has 4 aromatic rings. The number of amides is 1. The van der Waals surface area contributed by atoms with Crippen LogP contribution in [0.25, 0.3) is 33.8 Å². The van der Waals surface area contributed by atoms with E-state index in [9.17, 15) is 4.79 Å². The average Bonchev–Trinajstić information content (AvgIpc) is 3.31. The third-order valence-corrected chi connectivity index (χ3v) is 7.02. The molecule has 1 amide bonds. The molecule has 3 aromatic heterocycles. The highest BCUT2D eigenvalue weighted by atomic mass is 16.2. The molecule has 1 atom stereocenters. The number of carbonyl (C=O) groups is 1. The van der Waals surface area contributed by atoms with Crippen LogP contribution in [-0.2, 0) is 16.9 Å². The number of rotatable bonds is 5. The Kier molecular flexibility index (Phi) is 4.70.